The molecule has 1 fully saturated rings. The summed E-state index contributed by atoms with van der Waals surface area (Å²) in [6.45, 7) is 2.06. The Bertz CT molecular complexity index is 926. The van der Waals surface area contributed by atoms with Crippen LogP contribution in [0.15, 0.2) is 54.7 Å². The number of methoxy groups -OCH3 is 1. The summed E-state index contributed by atoms with van der Waals surface area (Å²) >= 11 is 0. The van der Waals surface area contributed by atoms with Crippen LogP contribution in [0.2, 0.25) is 0 Å². The zero-order chi connectivity index (χ0) is 18.8. The van der Waals surface area contributed by atoms with Gasteiger partial charge in [0.15, 0.2) is 0 Å². The van der Waals surface area contributed by atoms with Gasteiger partial charge in [-0.05, 0) is 30.7 Å². The standard InChI is InChI=1S/C21H22FN3O2/c1-27-18-7-8-19(20(22)11-18)21-15(12-24-10-9-17(26)14-24)13-25(23-21)16-5-3-2-4-6-16/h2-8,11,13,17,26H,9-10,12,14H2,1H3/t17-/m1/s1. The molecular formula is C21H22FN3O2. The van der Waals surface area contributed by atoms with Crippen LogP contribution in [0.1, 0.15) is 12.0 Å². The van der Waals surface area contributed by atoms with Crippen molar-refractivity contribution in [2.75, 3.05) is 20.2 Å². The molecule has 1 aliphatic heterocycles. The van der Waals surface area contributed by atoms with E-state index in [0.717, 1.165) is 24.2 Å². The molecule has 3 aromatic rings. The molecule has 6 heteroatoms. The molecule has 27 heavy (non-hydrogen) atoms. The summed E-state index contributed by atoms with van der Waals surface area (Å²) in [7, 11) is 1.52. The predicted molar refractivity (Wildman–Crippen MR) is 101 cm³/mol. The fraction of sp³-hybridized carbons (Fsp3) is 0.286. The van der Waals surface area contributed by atoms with Gasteiger partial charge in [-0.3, -0.25) is 4.90 Å². The molecule has 0 radical (unpaired) electrons. The number of nitrogens with zero attached hydrogens (tertiary/aromatic N) is 3. The third-order valence-corrected chi connectivity index (χ3v) is 4.88. The minimum absolute atomic E-state index is 0.296. The van der Waals surface area contributed by atoms with Crippen LogP contribution < -0.4 is 4.74 Å². The van der Waals surface area contributed by atoms with Gasteiger partial charge in [-0.2, -0.15) is 5.10 Å². The van der Waals surface area contributed by atoms with Crippen molar-refractivity contribution in [1.82, 2.24) is 14.7 Å². The molecule has 0 saturated carbocycles. The number of para-hydroxylation sites is 1. The van der Waals surface area contributed by atoms with Crippen molar-refractivity contribution in [2.45, 2.75) is 19.1 Å². The van der Waals surface area contributed by atoms with Crippen molar-refractivity contribution < 1.29 is 14.2 Å². The van der Waals surface area contributed by atoms with Gasteiger partial charge >= 0.3 is 0 Å². The first kappa shape index (κ1) is 17.7. The minimum Gasteiger partial charge on any atom is -0.497 e. The Hall–Kier alpha value is -2.70. The molecule has 1 aromatic heterocycles. The number of aliphatic hydroxyl groups is 1. The Balaban J connectivity index is 1.75. The molecule has 2 heterocycles. The first-order valence-corrected chi connectivity index (χ1v) is 9.02. The third-order valence-electron chi connectivity index (χ3n) is 4.88. The van der Waals surface area contributed by atoms with Crippen LogP contribution >= 0.6 is 0 Å². The predicted octanol–water partition coefficient (Wildman–Crippen LogP) is 3.25. The van der Waals surface area contributed by atoms with E-state index in [1.165, 1.54) is 13.2 Å². The summed E-state index contributed by atoms with van der Waals surface area (Å²) in [6, 6.07) is 14.6. The van der Waals surface area contributed by atoms with Gasteiger partial charge in [-0.25, -0.2) is 9.07 Å². The summed E-state index contributed by atoms with van der Waals surface area (Å²) in [4.78, 5) is 2.17. The van der Waals surface area contributed by atoms with Gasteiger partial charge in [0.1, 0.15) is 17.3 Å². The van der Waals surface area contributed by atoms with Crippen LogP contribution in [0.25, 0.3) is 16.9 Å². The largest absolute Gasteiger partial charge is 0.497 e. The summed E-state index contributed by atoms with van der Waals surface area (Å²) in [5, 5.41) is 14.5. The van der Waals surface area contributed by atoms with Crippen molar-refractivity contribution in [3.63, 3.8) is 0 Å². The average molecular weight is 367 g/mol. The number of β-amino-alcohol motifs (C(OH)–C–C–N with tert-alkyl or cyclic N) is 1. The maximum absolute atomic E-state index is 14.7. The highest BCUT2D eigenvalue weighted by molar-refractivity contribution is 5.65. The number of hydrogen-bond donors (Lipinski definition) is 1. The van der Waals surface area contributed by atoms with Gasteiger partial charge in [-0.15, -0.1) is 0 Å². The fourth-order valence-electron chi connectivity index (χ4n) is 3.48. The number of hydrogen-bond acceptors (Lipinski definition) is 4. The molecule has 1 saturated heterocycles. The second-order valence-electron chi connectivity index (χ2n) is 6.81. The van der Waals surface area contributed by atoms with Crippen molar-refractivity contribution in [2.24, 2.45) is 0 Å². The summed E-state index contributed by atoms with van der Waals surface area (Å²) in [5.74, 6) is 0.110. The van der Waals surface area contributed by atoms with Crippen LogP contribution in [-0.4, -0.2) is 46.1 Å². The second-order valence-corrected chi connectivity index (χ2v) is 6.81. The normalized spacial score (nSPS) is 17.4. The van der Waals surface area contributed by atoms with Crippen LogP contribution in [0.4, 0.5) is 4.39 Å². The van der Waals surface area contributed by atoms with Crippen LogP contribution in [-0.2, 0) is 6.54 Å². The Labute approximate surface area is 157 Å². The topological polar surface area (TPSA) is 50.5 Å². The highest BCUT2D eigenvalue weighted by Crippen LogP contribution is 2.30. The third kappa shape index (κ3) is 3.72. The lowest BCUT2D eigenvalue weighted by Crippen LogP contribution is -2.21. The van der Waals surface area contributed by atoms with E-state index in [1.807, 2.05) is 36.5 Å². The molecule has 2 aromatic carbocycles. The maximum atomic E-state index is 14.7. The Morgan fingerprint density at radius 2 is 2.04 bits per heavy atom. The number of halogens is 1. The summed E-state index contributed by atoms with van der Waals surface area (Å²) in [5.41, 5.74) is 2.90. The van der Waals surface area contributed by atoms with Gasteiger partial charge in [0.25, 0.3) is 0 Å². The number of rotatable bonds is 5. The molecule has 0 bridgehead atoms. The lowest BCUT2D eigenvalue weighted by atomic mass is 10.1. The van der Waals surface area contributed by atoms with E-state index >= 15 is 0 Å². The highest BCUT2D eigenvalue weighted by Gasteiger charge is 2.23. The number of aliphatic hydroxyl groups excluding tert-OH is 1. The molecular weight excluding hydrogens is 345 g/mol. The van der Waals surface area contributed by atoms with Crippen molar-refractivity contribution in [3.05, 3.63) is 66.1 Å². The summed E-state index contributed by atoms with van der Waals surface area (Å²) in [6.07, 6.45) is 2.41. The van der Waals surface area contributed by atoms with Gasteiger partial charge in [0.05, 0.1) is 18.9 Å². The molecule has 1 N–H and O–H groups in total. The Morgan fingerprint density at radius 3 is 2.70 bits per heavy atom. The molecule has 1 atom stereocenters. The molecule has 0 amide bonds. The zero-order valence-corrected chi connectivity index (χ0v) is 15.2. The second kappa shape index (κ2) is 7.50. The number of ether oxygens (including phenoxy) is 1. The van der Waals surface area contributed by atoms with E-state index in [0.29, 0.717) is 30.1 Å². The summed E-state index contributed by atoms with van der Waals surface area (Å²) < 4.78 is 21.6. The number of likely N-dealkylation sites (tertiary alicyclic amines) is 1. The number of benzene rings is 2. The smallest absolute Gasteiger partial charge is 0.136 e. The average Bonchev–Trinajstić information content (AvgIpc) is 3.29. The van der Waals surface area contributed by atoms with Gasteiger partial charge in [0, 0.05) is 43.0 Å². The monoisotopic (exact) mass is 367 g/mol. The zero-order valence-electron chi connectivity index (χ0n) is 15.2. The van der Waals surface area contributed by atoms with Crippen molar-refractivity contribution >= 4 is 0 Å². The molecule has 0 spiro atoms. The van der Waals surface area contributed by atoms with Gasteiger partial charge in [0.2, 0.25) is 0 Å². The molecule has 0 unspecified atom stereocenters. The van der Waals surface area contributed by atoms with E-state index in [4.69, 9.17) is 4.74 Å². The van der Waals surface area contributed by atoms with E-state index in [-0.39, 0.29) is 11.9 Å². The van der Waals surface area contributed by atoms with E-state index in [1.54, 1.807) is 16.8 Å². The van der Waals surface area contributed by atoms with E-state index in [9.17, 15) is 9.50 Å². The van der Waals surface area contributed by atoms with Crippen molar-refractivity contribution in [3.8, 4) is 22.7 Å². The Kier molecular flexibility index (Phi) is 4.92. The SMILES string of the molecule is COc1ccc(-c2nn(-c3ccccc3)cc2CN2CC[C@@H](O)C2)c(F)c1. The van der Waals surface area contributed by atoms with E-state index in [2.05, 4.69) is 10.00 Å². The Morgan fingerprint density at radius 1 is 1.22 bits per heavy atom. The fourth-order valence-corrected chi connectivity index (χ4v) is 3.48. The number of aromatic nitrogens is 2. The lowest BCUT2D eigenvalue weighted by Gasteiger charge is -2.14. The molecule has 1 aliphatic rings. The maximum Gasteiger partial charge on any atom is 0.136 e. The van der Waals surface area contributed by atoms with Crippen LogP contribution in [0.3, 0.4) is 0 Å². The molecule has 5 nitrogen and oxygen atoms in total. The molecule has 0 aliphatic carbocycles. The molecule has 140 valence electrons. The lowest BCUT2D eigenvalue weighted by molar-refractivity contribution is 0.175. The first-order chi connectivity index (χ1) is 13.1. The van der Waals surface area contributed by atoms with E-state index < -0.39 is 0 Å². The van der Waals surface area contributed by atoms with Gasteiger partial charge < -0.3 is 9.84 Å². The molecule has 4 rings (SSSR count). The van der Waals surface area contributed by atoms with Gasteiger partial charge in [-0.1, -0.05) is 18.2 Å². The van der Waals surface area contributed by atoms with Crippen molar-refractivity contribution in [1.29, 1.82) is 0 Å². The highest BCUT2D eigenvalue weighted by atomic mass is 19.1. The quantitative estimate of drug-likeness (QED) is 0.752. The van der Waals surface area contributed by atoms with Crippen LogP contribution in [0.5, 0.6) is 5.75 Å². The van der Waals surface area contributed by atoms with Crippen LogP contribution in [0, 0.1) is 5.82 Å². The minimum atomic E-state index is -0.365. The first-order valence-electron chi connectivity index (χ1n) is 9.02.